The molecular weight excluding hydrogens is 483 g/mol. The van der Waals surface area contributed by atoms with Gasteiger partial charge in [0, 0.05) is 30.1 Å². The number of aromatic nitrogens is 1. The molecule has 3 aromatic rings. The Balaban J connectivity index is 1.39. The summed E-state index contributed by atoms with van der Waals surface area (Å²) in [5.74, 6) is 7.57. The number of benzene rings is 2. The predicted octanol–water partition coefficient (Wildman–Crippen LogP) is 5.90. The molecule has 7 heteroatoms. The van der Waals surface area contributed by atoms with Crippen molar-refractivity contribution in [2.75, 3.05) is 33.9 Å². The SMILES string of the molecule is COc1cccc(C#CCN2CCC(CC[C@H](F)c3ccnc4ccc(OC)cc34)C(CCC(=O)O)C2)c1. The fraction of sp³-hybridized carbons (Fsp3) is 0.419. The highest BCUT2D eigenvalue weighted by Gasteiger charge is 2.30. The smallest absolute Gasteiger partial charge is 0.303 e. The highest BCUT2D eigenvalue weighted by atomic mass is 19.1. The van der Waals surface area contributed by atoms with Crippen molar-refractivity contribution in [3.05, 3.63) is 65.9 Å². The van der Waals surface area contributed by atoms with E-state index in [1.54, 1.807) is 26.5 Å². The Morgan fingerprint density at radius 3 is 2.74 bits per heavy atom. The lowest BCUT2D eigenvalue weighted by molar-refractivity contribution is -0.137. The van der Waals surface area contributed by atoms with E-state index in [0.29, 0.717) is 37.1 Å². The molecule has 1 saturated heterocycles. The Labute approximate surface area is 223 Å². The number of carboxylic acids is 1. The zero-order chi connectivity index (χ0) is 26.9. The summed E-state index contributed by atoms with van der Waals surface area (Å²) in [5.41, 5.74) is 2.27. The van der Waals surface area contributed by atoms with Gasteiger partial charge in [0.1, 0.15) is 17.7 Å². The average molecular weight is 519 g/mol. The van der Waals surface area contributed by atoms with Crippen LogP contribution < -0.4 is 9.47 Å². The largest absolute Gasteiger partial charge is 0.497 e. The van der Waals surface area contributed by atoms with Gasteiger partial charge in [0.15, 0.2) is 0 Å². The van der Waals surface area contributed by atoms with E-state index in [0.717, 1.165) is 41.7 Å². The number of fused-ring (bicyclic) bond motifs is 1. The Morgan fingerprint density at radius 2 is 1.95 bits per heavy atom. The molecule has 1 aliphatic rings. The van der Waals surface area contributed by atoms with Crippen LogP contribution in [0.3, 0.4) is 0 Å². The van der Waals surface area contributed by atoms with Crippen molar-refractivity contribution in [3.63, 3.8) is 0 Å². The van der Waals surface area contributed by atoms with Gasteiger partial charge in [-0.05, 0) is 92.1 Å². The standard InChI is InChI=1S/C31H35FN2O4/c1-37-25-7-3-5-22(19-25)6-4-17-34-18-15-23(24(21-34)9-13-31(35)36)8-11-29(32)27-14-16-33-30-12-10-26(38-2)20-28(27)30/h3,5,7,10,12,14,16,19-20,23-24,29H,8-9,11,13,15,17-18,21H2,1-2H3,(H,35,36)/t23?,24?,29-/m0/s1. The first-order chi connectivity index (χ1) is 18.5. The third-order valence-electron chi connectivity index (χ3n) is 7.42. The van der Waals surface area contributed by atoms with Gasteiger partial charge in [0.05, 0.1) is 26.3 Å². The maximum absolute atomic E-state index is 15.6. The van der Waals surface area contributed by atoms with Crippen LogP contribution in [0.2, 0.25) is 0 Å². The van der Waals surface area contributed by atoms with E-state index in [-0.39, 0.29) is 18.3 Å². The number of nitrogens with zero attached hydrogens (tertiary/aromatic N) is 2. The van der Waals surface area contributed by atoms with Crippen molar-refractivity contribution < 1.29 is 23.8 Å². The van der Waals surface area contributed by atoms with Gasteiger partial charge in [-0.15, -0.1) is 0 Å². The van der Waals surface area contributed by atoms with Gasteiger partial charge in [-0.1, -0.05) is 17.9 Å². The molecule has 2 unspecified atom stereocenters. The van der Waals surface area contributed by atoms with Crippen molar-refractivity contribution in [1.82, 2.24) is 9.88 Å². The summed E-state index contributed by atoms with van der Waals surface area (Å²) in [6.45, 7) is 2.26. The van der Waals surface area contributed by atoms with Crippen LogP contribution in [0.4, 0.5) is 4.39 Å². The van der Waals surface area contributed by atoms with Crippen LogP contribution in [-0.2, 0) is 4.79 Å². The number of methoxy groups -OCH3 is 2. The fourth-order valence-corrected chi connectivity index (χ4v) is 5.33. The molecule has 1 aromatic heterocycles. The Bertz CT molecular complexity index is 1300. The molecule has 3 atom stereocenters. The van der Waals surface area contributed by atoms with E-state index >= 15 is 4.39 Å². The second kappa shape index (κ2) is 13.3. The lowest BCUT2D eigenvalue weighted by Gasteiger charge is -2.38. The number of halogens is 1. The summed E-state index contributed by atoms with van der Waals surface area (Å²) in [6, 6.07) is 14.9. The predicted molar refractivity (Wildman–Crippen MR) is 146 cm³/mol. The monoisotopic (exact) mass is 518 g/mol. The summed E-state index contributed by atoms with van der Waals surface area (Å²) < 4.78 is 26.1. The van der Waals surface area contributed by atoms with Gasteiger partial charge in [-0.3, -0.25) is 14.7 Å². The van der Waals surface area contributed by atoms with E-state index in [9.17, 15) is 9.90 Å². The first-order valence-electron chi connectivity index (χ1n) is 13.1. The molecule has 38 heavy (non-hydrogen) atoms. The lowest BCUT2D eigenvalue weighted by atomic mass is 9.79. The number of alkyl halides is 1. The van der Waals surface area contributed by atoms with E-state index < -0.39 is 12.1 Å². The van der Waals surface area contributed by atoms with Crippen LogP contribution in [0, 0.1) is 23.7 Å². The van der Waals surface area contributed by atoms with Gasteiger partial charge in [0.2, 0.25) is 0 Å². The van der Waals surface area contributed by atoms with E-state index in [4.69, 9.17) is 9.47 Å². The van der Waals surface area contributed by atoms with Gasteiger partial charge in [-0.25, -0.2) is 4.39 Å². The highest BCUT2D eigenvalue weighted by Crippen LogP contribution is 2.36. The number of likely N-dealkylation sites (tertiary alicyclic amines) is 1. The molecule has 1 fully saturated rings. The number of carbonyl (C=O) groups is 1. The highest BCUT2D eigenvalue weighted by molar-refractivity contribution is 5.83. The van der Waals surface area contributed by atoms with Gasteiger partial charge < -0.3 is 14.6 Å². The maximum atomic E-state index is 15.6. The summed E-state index contributed by atoms with van der Waals surface area (Å²) >= 11 is 0. The van der Waals surface area contributed by atoms with Crippen molar-refractivity contribution in [2.24, 2.45) is 11.8 Å². The van der Waals surface area contributed by atoms with Crippen LogP contribution in [0.1, 0.15) is 49.4 Å². The van der Waals surface area contributed by atoms with Crippen molar-refractivity contribution in [2.45, 2.75) is 38.3 Å². The molecule has 0 amide bonds. The maximum Gasteiger partial charge on any atom is 0.303 e. The summed E-state index contributed by atoms with van der Waals surface area (Å²) in [6.07, 6.45) is 3.24. The summed E-state index contributed by atoms with van der Waals surface area (Å²) in [4.78, 5) is 18.0. The van der Waals surface area contributed by atoms with Crippen molar-refractivity contribution >= 4 is 16.9 Å². The number of pyridine rings is 1. The van der Waals surface area contributed by atoms with Gasteiger partial charge in [0.25, 0.3) is 0 Å². The number of hydrogen-bond donors (Lipinski definition) is 1. The molecule has 0 radical (unpaired) electrons. The van der Waals surface area contributed by atoms with Crippen LogP contribution in [0.5, 0.6) is 11.5 Å². The minimum absolute atomic E-state index is 0.123. The minimum atomic E-state index is -1.13. The molecule has 4 rings (SSSR count). The Kier molecular flexibility index (Phi) is 9.56. The number of carboxylic acid groups (broad SMARTS) is 1. The summed E-state index contributed by atoms with van der Waals surface area (Å²) in [5, 5.41) is 10.1. The number of rotatable bonds is 10. The number of piperidine rings is 1. The molecule has 200 valence electrons. The second-order valence-corrected chi connectivity index (χ2v) is 9.84. The minimum Gasteiger partial charge on any atom is -0.497 e. The molecule has 0 saturated carbocycles. The van der Waals surface area contributed by atoms with Crippen LogP contribution in [0.15, 0.2) is 54.7 Å². The quantitative estimate of drug-likeness (QED) is 0.337. The molecule has 2 heterocycles. The second-order valence-electron chi connectivity index (χ2n) is 9.84. The van der Waals surface area contributed by atoms with Crippen LogP contribution in [0.25, 0.3) is 10.9 Å². The number of ether oxygens (including phenoxy) is 2. The molecular formula is C31H35FN2O4. The molecule has 0 bridgehead atoms. The first-order valence-corrected chi connectivity index (χ1v) is 13.1. The van der Waals surface area contributed by atoms with Gasteiger partial charge in [-0.2, -0.15) is 0 Å². The van der Waals surface area contributed by atoms with E-state index in [2.05, 4.69) is 21.7 Å². The van der Waals surface area contributed by atoms with Gasteiger partial charge >= 0.3 is 5.97 Å². The van der Waals surface area contributed by atoms with Crippen LogP contribution >= 0.6 is 0 Å². The van der Waals surface area contributed by atoms with E-state index in [1.165, 1.54) is 0 Å². The third kappa shape index (κ3) is 7.23. The van der Waals surface area contributed by atoms with Crippen molar-refractivity contribution in [3.8, 4) is 23.3 Å². The molecule has 0 aliphatic carbocycles. The average Bonchev–Trinajstić information content (AvgIpc) is 2.94. The lowest BCUT2D eigenvalue weighted by Crippen LogP contribution is -2.41. The third-order valence-corrected chi connectivity index (χ3v) is 7.42. The fourth-order valence-electron chi connectivity index (χ4n) is 5.33. The topological polar surface area (TPSA) is 71.9 Å². The molecule has 2 aromatic carbocycles. The van der Waals surface area contributed by atoms with E-state index in [1.807, 2.05) is 42.5 Å². The van der Waals surface area contributed by atoms with Crippen LogP contribution in [-0.4, -0.2) is 54.8 Å². The molecule has 6 nitrogen and oxygen atoms in total. The number of aliphatic carboxylic acids is 1. The zero-order valence-electron chi connectivity index (χ0n) is 22.0. The van der Waals surface area contributed by atoms with Crippen molar-refractivity contribution in [1.29, 1.82) is 0 Å². The molecule has 0 spiro atoms. The normalized spacial score (nSPS) is 18.4. The first kappa shape index (κ1) is 27.4. The Hall–Kier alpha value is -3.63. The Morgan fingerprint density at radius 1 is 1.13 bits per heavy atom. The molecule has 1 N–H and O–H groups in total. The zero-order valence-corrected chi connectivity index (χ0v) is 22.0. The summed E-state index contributed by atoms with van der Waals surface area (Å²) in [7, 11) is 3.23. The number of hydrogen-bond acceptors (Lipinski definition) is 5. The molecule has 1 aliphatic heterocycles.